The number of hydrogen-bond acceptors (Lipinski definition) is 5. The SMILES string of the molecule is COc1ccc(Cn2c(=O)c(C(=O)OC(C)C)cc3c(NC(=O)C45CC6CC(CC(C6)C4)C5)cccc32)cc1. The number of nitrogens with zero attached hydrogens (tertiary/aromatic N) is 1. The van der Waals surface area contributed by atoms with Gasteiger partial charge in [-0.25, -0.2) is 4.79 Å². The Morgan fingerprint density at radius 3 is 2.23 bits per heavy atom. The summed E-state index contributed by atoms with van der Waals surface area (Å²) >= 11 is 0. The van der Waals surface area contributed by atoms with E-state index in [1.807, 2.05) is 42.5 Å². The van der Waals surface area contributed by atoms with E-state index >= 15 is 0 Å². The molecule has 0 atom stereocenters. The molecular formula is C32H36N2O5. The van der Waals surface area contributed by atoms with Gasteiger partial charge in [-0.2, -0.15) is 0 Å². The van der Waals surface area contributed by atoms with Crippen LogP contribution in [0.3, 0.4) is 0 Å². The van der Waals surface area contributed by atoms with E-state index in [2.05, 4.69) is 5.32 Å². The third kappa shape index (κ3) is 4.72. The summed E-state index contributed by atoms with van der Waals surface area (Å²) in [6.45, 7) is 3.77. The van der Waals surface area contributed by atoms with Gasteiger partial charge in [-0.15, -0.1) is 0 Å². The second-order valence-corrected chi connectivity index (χ2v) is 12.1. The molecule has 1 heterocycles. The van der Waals surface area contributed by atoms with E-state index in [-0.39, 0.29) is 29.5 Å². The van der Waals surface area contributed by atoms with Gasteiger partial charge >= 0.3 is 5.97 Å². The molecular weight excluding hydrogens is 492 g/mol. The lowest BCUT2D eigenvalue weighted by molar-refractivity contribution is -0.140. The zero-order valence-corrected chi connectivity index (χ0v) is 22.9. The van der Waals surface area contributed by atoms with Gasteiger partial charge in [-0.05, 0) is 106 Å². The third-order valence-electron chi connectivity index (χ3n) is 8.97. The molecule has 7 heteroatoms. The third-order valence-corrected chi connectivity index (χ3v) is 8.97. The molecule has 2 aromatic carbocycles. The average molecular weight is 529 g/mol. The van der Waals surface area contributed by atoms with E-state index in [9.17, 15) is 14.4 Å². The summed E-state index contributed by atoms with van der Waals surface area (Å²) in [4.78, 5) is 40.6. The molecule has 0 radical (unpaired) electrons. The van der Waals surface area contributed by atoms with E-state index in [0.29, 0.717) is 34.3 Å². The van der Waals surface area contributed by atoms with Crippen molar-refractivity contribution in [1.82, 2.24) is 4.57 Å². The maximum absolute atomic E-state index is 13.9. The van der Waals surface area contributed by atoms with Crippen LogP contribution in [0.2, 0.25) is 0 Å². The Kier molecular flexibility index (Phi) is 6.48. The molecule has 3 aromatic rings. The summed E-state index contributed by atoms with van der Waals surface area (Å²) in [5, 5.41) is 3.90. The predicted octanol–water partition coefficient (Wildman–Crippen LogP) is 5.78. The van der Waals surface area contributed by atoms with Crippen LogP contribution >= 0.6 is 0 Å². The van der Waals surface area contributed by atoms with Crippen LogP contribution in [0.1, 0.15) is 68.3 Å². The van der Waals surface area contributed by atoms with Gasteiger partial charge in [0.15, 0.2) is 0 Å². The molecule has 7 rings (SSSR count). The number of nitrogens with one attached hydrogen (secondary N) is 1. The van der Waals surface area contributed by atoms with Crippen molar-refractivity contribution in [3.8, 4) is 5.75 Å². The molecule has 0 aliphatic heterocycles. The van der Waals surface area contributed by atoms with Crippen LogP contribution in [0.25, 0.3) is 10.9 Å². The van der Waals surface area contributed by atoms with Crippen molar-refractivity contribution in [1.29, 1.82) is 0 Å². The number of anilines is 1. The number of methoxy groups -OCH3 is 1. The smallest absolute Gasteiger partial charge is 0.344 e. The standard InChI is InChI=1S/C32H36N2O5/c1-19(2)39-30(36)26-14-25-27(33-31(37)32-15-21-11-22(16-32)13-23(12-21)17-32)5-4-6-28(25)34(29(26)35)18-20-7-9-24(38-3)10-8-20/h4-10,14,19,21-23H,11-13,15-18H2,1-3H3,(H,33,37). The van der Waals surface area contributed by atoms with Gasteiger partial charge in [0.25, 0.3) is 5.56 Å². The van der Waals surface area contributed by atoms with Crippen molar-refractivity contribution >= 4 is 28.5 Å². The Morgan fingerprint density at radius 1 is 1.00 bits per heavy atom. The predicted molar refractivity (Wildman–Crippen MR) is 150 cm³/mol. The lowest BCUT2D eigenvalue weighted by Crippen LogP contribution is -2.51. The van der Waals surface area contributed by atoms with E-state index in [0.717, 1.165) is 30.6 Å². The highest BCUT2D eigenvalue weighted by atomic mass is 16.5. The Hall–Kier alpha value is -3.61. The van der Waals surface area contributed by atoms with Crippen LogP contribution < -0.4 is 15.6 Å². The van der Waals surface area contributed by atoms with Gasteiger partial charge in [0.1, 0.15) is 11.3 Å². The quantitative estimate of drug-likeness (QED) is 0.393. The summed E-state index contributed by atoms with van der Waals surface area (Å²) in [6, 6.07) is 14.6. The molecule has 7 nitrogen and oxygen atoms in total. The van der Waals surface area contributed by atoms with Gasteiger partial charge in [-0.3, -0.25) is 9.59 Å². The topological polar surface area (TPSA) is 86.6 Å². The van der Waals surface area contributed by atoms with Gasteiger partial charge in [0.05, 0.1) is 36.4 Å². The molecule has 4 aliphatic carbocycles. The molecule has 0 spiro atoms. The van der Waals surface area contributed by atoms with Crippen LogP contribution in [0.15, 0.2) is 53.3 Å². The fourth-order valence-electron chi connectivity index (χ4n) is 7.65. The lowest BCUT2D eigenvalue weighted by atomic mass is 9.49. The van der Waals surface area contributed by atoms with E-state index in [4.69, 9.17) is 9.47 Å². The number of hydrogen-bond donors (Lipinski definition) is 1. The minimum atomic E-state index is -0.664. The van der Waals surface area contributed by atoms with E-state index in [1.54, 1.807) is 31.6 Å². The van der Waals surface area contributed by atoms with Crippen LogP contribution in [-0.4, -0.2) is 29.7 Å². The summed E-state index contributed by atoms with van der Waals surface area (Å²) in [7, 11) is 1.61. The summed E-state index contributed by atoms with van der Waals surface area (Å²) in [5.41, 5.74) is 1.38. The van der Waals surface area contributed by atoms with Crippen LogP contribution in [0.5, 0.6) is 5.75 Å². The highest BCUT2D eigenvalue weighted by Crippen LogP contribution is 2.60. The summed E-state index contributed by atoms with van der Waals surface area (Å²) < 4.78 is 12.3. The number of aromatic nitrogens is 1. The Morgan fingerprint density at radius 2 is 1.64 bits per heavy atom. The lowest BCUT2D eigenvalue weighted by Gasteiger charge is -2.55. The highest BCUT2D eigenvalue weighted by molar-refractivity contribution is 6.05. The first-order chi connectivity index (χ1) is 18.7. The fourth-order valence-corrected chi connectivity index (χ4v) is 7.65. The number of benzene rings is 2. The summed E-state index contributed by atoms with van der Waals surface area (Å²) in [6.07, 6.45) is 6.31. The minimum Gasteiger partial charge on any atom is -0.497 e. The van der Waals surface area contributed by atoms with Crippen LogP contribution in [0, 0.1) is 23.2 Å². The van der Waals surface area contributed by atoms with Gasteiger partial charge < -0.3 is 19.4 Å². The normalized spacial score (nSPS) is 25.2. The number of fused-ring (bicyclic) bond motifs is 1. The van der Waals surface area contributed by atoms with Crippen molar-refractivity contribution in [3.05, 3.63) is 70.0 Å². The molecule has 4 fully saturated rings. The number of rotatable bonds is 7. The zero-order valence-electron chi connectivity index (χ0n) is 22.9. The van der Waals surface area contributed by atoms with Crippen LogP contribution in [-0.2, 0) is 16.1 Å². The van der Waals surface area contributed by atoms with Crippen molar-refractivity contribution in [2.45, 2.75) is 65.0 Å². The molecule has 0 unspecified atom stereocenters. The first-order valence-electron chi connectivity index (χ1n) is 14.1. The van der Waals surface area contributed by atoms with Crippen LogP contribution in [0.4, 0.5) is 5.69 Å². The molecule has 39 heavy (non-hydrogen) atoms. The van der Waals surface area contributed by atoms with Crippen molar-refractivity contribution in [2.75, 3.05) is 12.4 Å². The molecule has 204 valence electrons. The van der Waals surface area contributed by atoms with Crippen molar-refractivity contribution < 1.29 is 19.1 Å². The maximum Gasteiger partial charge on any atom is 0.344 e. The van der Waals surface area contributed by atoms with Gasteiger partial charge in [0.2, 0.25) is 5.91 Å². The molecule has 4 saturated carbocycles. The molecule has 1 amide bonds. The van der Waals surface area contributed by atoms with Crippen molar-refractivity contribution in [2.24, 2.45) is 23.2 Å². The number of carbonyl (C=O) groups is 2. The monoisotopic (exact) mass is 528 g/mol. The minimum absolute atomic E-state index is 0.0405. The second-order valence-electron chi connectivity index (χ2n) is 12.1. The highest BCUT2D eigenvalue weighted by Gasteiger charge is 2.54. The van der Waals surface area contributed by atoms with Gasteiger partial charge in [-0.1, -0.05) is 18.2 Å². The fraction of sp³-hybridized carbons (Fsp3) is 0.469. The number of amides is 1. The first-order valence-corrected chi connectivity index (χ1v) is 14.1. The first kappa shape index (κ1) is 25.7. The largest absolute Gasteiger partial charge is 0.497 e. The second kappa shape index (κ2) is 9.85. The van der Waals surface area contributed by atoms with Crippen molar-refractivity contribution in [3.63, 3.8) is 0 Å². The number of esters is 1. The summed E-state index contributed by atoms with van der Waals surface area (Å²) in [5.74, 6) is 2.10. The molecule has 1 N–H and O–H groups in total. The zero-order chi connectivity index (χ0) is 27.3. The number of pyridine rings is 1. The number of ether oxygens (including phenoxy) is 2. The average Bonchev–Trinajstić information content (AvgIpc) is 2.89. The van der Waals surface area contributed by atoms with E-state index < -0.39 is 11.5 Å². The Labute approximate surface area is 228 Å². The molecule has 0 saturated heterocycles. The maximum atomic E-state index is 13.9. The molecule has 4 bridgehead atoms. The van der Waals surface area contributed by atoms with Gasteiger partial charge in [0, 0.05) is 5.39 Å². The van der Waals surface area contributed by atoms with E-state index in [1.165, 1.54) is 19.3 Å². The molecule has 4 aliphatic rings. The Bertz CT molecular complexity index is 1450. The number of carbonyl (C=O) groups excluding carboxylic acids is 2. The molecule has 1 aromatic heterocycles. The Balaban J connectivity index is 1.41.